The predicted molar refractivity (Wildman–Crippen MR) is 71.9 cm³/mol. The molecule has 1 fully saturated rings. The summed E-state index contributed by atoms with van der Waals surface area (Å²) >= 11 is 5.78. The van der Waals surface area contributed by atoms with Crippen molar-refractivity contribution < 1.29 is 9.53 Å². The van der Waals surface area contributed by atoms with Gasteiger partial charge in [-0.05, 0) is 30.5 Å². The van der Waals surface area contributed by atoms with Crippen LogP contribution in [0.3, 0.4) is 0 Å². The number of carbonyl (C=O) groups is 1. The van der Waals surface area contributed by atoms with E-state index >= 15 is 0 Å². The summed E-state index contributed by atoms with van der Waals surface area (Å²) in [4.78, 5) is 14.0. The number of rotatable bonds is 4. The molecule has 4 heteroatoms. The number of morpholine rings is 1. The zero-order valence-electron chi connectivity index (χ0n) is 10.1. The molecule has 0 radical (unpaired) electrons. The summed E-state index contributed by atoms with van der Waals surface area (Å²) in [7, 11) is 0. The number of allylic oxidation sites excluding steroid dienone is 1. The minimum atomic E-state index is 0.108. The average Bonchev–Trinajstić information content (AvgIpc) is 2.40. The van der Waals surface area contributed by atoms with Crippen molar-refractivity contribution in [2.75, 3.05) is 26.3 Å². The molecule has 1 aromatic carbocycles. The van der Waals surface area contributed by atoms with E-state index in [1.54, 1.807) is 24.3 Å². The van der Waals surface area contributed by atoms with Crippen LogP contribution in [0.4, 0.5) is 0 Å². The number of halogens is 1. The zero-order valence-corrected chi connectivity index (χ0v) is 10.9. The Morgan fingerprint density at radius 2 is 1.94 bits per heavy atom. The van der Waals surface area contributed by atoms with E-state index in [1.807, 2.05) is 12.3 Å². The molecule has 0 aromatic heterocycles. The molecular formula is C14H16ClNO2. The Kier molecular flexibility index (Phi) is 4.79. The van der Waals surface area contributed by atoms with Crippen LogP contribution in [0, 0.1) is 0 Å². The van der Waals surface area contributed by atoms with Gasteiger partial charge in [-0.1, -0.05) is 17.7 Å². The van der Waals surface area contributed by atoms with E-state index in [1.165, 1.54) is 0 Å². The van der Waals surface area contributed by atoms with Gasteiger partial charge < -0.3 is 9.64 Å². The van der Waals surface area contributed by atoms with E-state index in [9.17, 15) is 4.79 Å². The quantitative estimate of drug-likeness (QED) is 0.784. The Hall–Kier alpha value is -1.32. The van der Waals surface area contributed by atoms with Gasteiger partial charge in [-0.3, -0.25) is 4.79 Å². The van der Waals surface area contributed by atoms with Crippen LogP contribution < -0.4 is 0 Å². The van der Waals surface area contributed by atoms with Crippen molar-refractivity contribution in [3.8, 4) is 0 Å². The third-order valence-corrected chi connectivity index (χ3v) is 3.08. The van der Waals surface area contributed by atoms with Crippen molar-refractivity contribution in [2.45, 2.75) is 6.42 Å². The van der Waals surface area contributed by atoms with Crippen molar-refractivity contribution in [1.29, 1.82) is 0 Å². The predicted octanol–water partition coefficient (Wildman–Crippen LogP) is 2.76. The van der Waals surface area contributed by atoms with Gasteiger partial charge in [0.15, 0.2) is 5.78 Å². The molecule has 1 aliphatic heterocycles. The maximum absolute atomic E-state index is 11.9. The average molecular weight is 266 g/mol. The highest BCUT2D eigenvalue weighted by Crippen LogP contribution is 2.11. The first kappa shape index (κ1) is 13.1. The second-order valence-electron chi connectivity index (χ2n) is 4.17. The largest absolute Gasteiger partial charge is 0.378 e. The van der Waals surface area contributed by atoms with E-state index in [4.69, 9.17) is 16.3 Å². The molecule has 1 saturated heterocycles. The van der Waals surface area contributed by atoms with Crippen LogP contribution in [0.1, 0.15) is 16.8 Å². The number of ether oxygens (including phenoxy) is 1. The van der Waals surface area contributed by atoms with Gasteiger partial charge in [0.25, 0.3) is 0 Å². The van der Waals surface area contributed by atoms with Crippen molar-refractivity contribution in [1.82, 2.24) is 4.90 Å². The first-order valence-electron chi connectivity index (χ1n) is 6.03. The normalized spacial score (nSPS) is 16.2. The SMILES string of the molecule is O=C(C/C=C/N1CCOCC1)c1ccc(Cl)cc1. The third-order valence-electron chi connectivity index (χ3n) is 2.83. The van der Waals surface area contributed by atoms with Gasteiger partial charge >= 0.3 is 0 Å². The topological polar surface area (TPSA) is 29.5 Å². The van der Waals surface area contributed by atoms with Crippen LogP contribution in [0.2, 0.25) is 5.02 Å². The smallest absolute Gasteiger partial charge is 0.166 e. The summed E-state index contributed by atoms with van der Waals surface area (Å²) in [6.45, 7) is 3.31. The second-order valence-corrected chi connectivity index (χ2v) is 4.60. The van der Waals surface area contributed by atoms with Crippen molar-refractivity contribution in [2.24, 2.45) is 0 Å². The van der Waals surface area contributed by atoms with Gasteiger partial charge in [0.05, 0.1) is 13.2 Å². The van der Waals surface area contributed by atoms with Crippen molar-refractivity contribution in [3.05, 3.63) is 47.1 Å². The Labute approximate surface area is 112 Å². The van der Waals surface area contributed by atoms with E-state index < -0.39 is 0 Å². The van der Waals surface area contributed by atoms with Crippen molar-refractivity contribution >= 4 is 17.4 Å². The summed E-state index contributed by atoms with van der Waals surface area (Å²) in [5.74, 6) is 0.108. The fourth-order valence-electron chi connectivity index (χ4n) is 1.79. The third kappa shape index (κ3) is 3.86. The molecule has 0 aliphatic carbocycles. The van der Waals surface area contributed by atoms with Gasteiger partial charge in [0.1, 0.15) is 0 Å². The lowest BCUT2D eigenvalue weighted by Crippen LogP contribution is -2.32. The Morgan fingerprint density at radius 3 is 2.61 bits per heavy atom. The first-order valence-corrected chi connectivity index (χ1v) is 6.41. The Morgan fingerprint density at radius 1 is 1.28 bits per heavy atom. The zero-order chi connectivity index (χ0) is 12.8. The highest BCUT2D eigenvalue weighted by molar-refractivity contribution is 6.30. The van der Waals surface area contributed by atoms with Crippen LogP contribution in [-0.4, -0.2) is 37.0 Å². The second kappa shape index (κ2) is 6.57. The molecule has 0 unspecified atom stereocenters. The molecule has 0 spiro atoms. The van der Waals surface area contributed by atoms with Gasteiger partial charge in [-0.15, -0.1) is 0 Å². The van der Waals surface area contributed by atoms with Crippen LogP contribution >= 0.6 is 11.6 Å². The van der Waals surface area contributed by atoms with Gasteiger partial charge in [0.2, 0.25) is 0 Å². The van der Waals surface area contributed by atoms with Gasteiger partial charge in [-0.2, -0.15) is 0 Å². The number of ketones is 1. The molecule has 1 aromatic rings. The number of hydrogen-bond acceptors (Lipinski definition) is 3. The molecule has 2 rings (SSSR count). The van der Waals surface area contributed by atoms with E-state index in [0.717, 1.165) is 26.3 Å². The summed E-state index contributed by atoms with van der Waals surface area (Å²) in [5.41, 5.74) is 0.700. The number of nitrogens with zero attached hydrogens (tertiary/aromatic N) is 1. The van der Waals surface area contributed by atoms with Crippen molar-refractivity contribution in [3.63, 3.8) is 0 Å². The van der Waals surface area contributed by atoms with E-state index in [0.29, 0.717) is 17.0 Å². The number of benzene rings is 1. The molecule has 0 N–H and O–H groups in total. The molecule has 0 atom stereocenters. The van der Waals surface area contributed by atoms with E-state index in [-0.39, 0.29) is 5.78 Å². The maximum Gasteiger partial charge on any atom is 0.166 e. The molecule has 0 bridgehead atoms. The van der Waals surface area contributed by atoms with Crippen LogP contribution in [0.25, 0.3) is 0 Å². The molecular weight excluding hydrogens is 250 g/mol. The lowest BCUT2D eigenvalue weighted by atomic mass is 10.1. The summed E-state index contributed by atoms with van der Waals surface area (Å²) in [6, 6.07) is 6.99. The monoisotopic (exact) mass is 265 g/mol. The molecule has 1 heterocycles. The van der Waals surface area contributed by atoms with Gasteiger partial charge in [0, 0.05) is 30.1 Å². The minimum Gasteiger partial charge on any atom is -0.378 e. The molecule has 0 amide bonds. The lowest BCUT2D eigenvalue weighted by molar-refractivity contribution is 0.0592. The Bertz CT molecular complexity index is 422. The van der Waals surface area contributed by atoms with Gasteiger partial charge in [-0.25, -0.2) is 0 Å². The molecule has 0 saturated carbocycles. The molecule has 96 valence electrons. The lowest BCUT2D eigenvalue weighted by Gasteiger charge is -2.24. The first-order chi connectivity index (χ1) is 8.75. The van der Waals surface area contributed by atoms with Crippen LogP contribution in [0.15, 0.2) is 36.5 Å². The van der Waals surface area contributed by atoms with Crippen LogP contribution in [-0.2, 0) is 4.74 Å². The summed E-state index contributed by atoms with van der Waals surface area (Å²) in [5, 5.41) is 0.649. The number of carbonyl (C=O) groups excluding carboxylic acids is 1. The fraction of sp³-hybridized carbons (Fsp3) is 0.357. The maximum atomic E-state index is 11.9. The summed E-state index contributed by atoms with van der Waals surface area (Å²) < 4.78 is 5.25. The summed E-state index contributed by atoms with van der Waals surface area (Å²) in [6.07, 6.45) is 4.30. The Balaban J connectivity index is 1.83. The minimum absolute atomic E-state index is 0.108. The standard InChI is InChI=1S/C14H16ClNO2/c15-13-5-3-12(4-6-13)14(17)2-1-7-16-8-10-18-11-9-16/h1,3-7H,2,8-11H2/b7-1+. The molecule has 18 heavy (non-hydrogen) atoms. The van der Waals surface area contributed by atoms with Crippen LogP contribution in [0.5, 0.6) is 0 Å². The highest BCUT2D eigenvalue weighted by Gasteiger charge is 2.06. The fourth-order valence-corrected chi connectivity index (χ4v) is 1.91. The number of Topliss-reactive ketones (excluding diaryl/α,β-unsaturated/α-hetero) is 1. The molecule has 1 aliphatic rings. The highest BCUT2D eigenvalue weighted by atomic mass is 35.5. The van der Waals surface area contributed by atoms with E-state index in [2.05, 4.69) is 4.90 Å². The number of hydrogen-bond donors (Lipinski definition) is 0. The molecule has 3 nitrogen and oxygen atoms in total.